The van der Waals surface area contributed by atoms with Crippen molar-refractivity contribution in [2.75, 3.05) is 27.2 Å². The topological polar surface area (TPSA) is 24.8 Å². The lowest BCUT2D eigenvalue weighted by molar-refractivity contribution is 0.167. The van der Waals surface area contributed by atoms with Crippen molar-refractivity contribution in [3.8, 4) is 5.75 Å². The average molecular weight is 371 g/mol. The molecule has 1 aromatic rings. The van der Waals surface area contributed by atoms with Gasteiger partial charge >= 0.3 is 0 Å². The summed E-state index contributed by atoms with van der Waals surface area (Å²) >= 11 is 0. The Morgan fingerprint density at radius 1 is 1.22 bits per heavy atom. The first kappa shape index (κ1) is 20.4. The molecule has 0 radical (unpaired) electrons. The lowest BCUT2D eigenvalue weighted by Crippen LogP contribution is -2.48. The maximum absolute atomic E-state index is 5.62. The summed E-state index contributed by atoms with van der Waals surface area (Å²) in [4.78, 5) is 8.07. The van der Waals surface area contributed by atoms with Gasteiger partial charge in [-0.15, -0.1) is 0 Å². The van der Waals surface area contributed by atoms with Crippen molar-refractivity contribution in [1.82, 2.24) is 4.90 Å². The van der Waals surface area contributed by atoms with Gasteiger partial charge in [0, 0.05) is 11.6 Å². The van der Waals surface area contributed by atoms with E-state index in [-0.39, 0.29) is 11.0 Å². The molecule has 2 heterocycles. The molecule has 1 aromatic carbocycles. The molecule has 0 unspecified atom stereocenters. The molecule has 1 saturated heterocycles. The van der Waals surface area contributed by atoms with Gasteiger partial charge in [0.15, 0.2) is 0 Å². The van der Waals surface area contributed by atoms with Crippen LogP contribution < -0.4 is 4.74 Å². The number of ether oxygens (including phenoxy) is 1. The van der Waals surface area contributed by atoms with Crippen LogP contribution in [0.15, 0.2) is 23.2 Å². The van der Waals surface area contributed by atoms with Gasteiger partial charge < -0.3 is 9.64 Å². The molecule has 0 amide bonds. The van der Waals surface area contributed by atoms with Gasteiger partial charge in [0.2, 0.25) is 0 Å². The first-order valence-electron chi connectivity index (χ1n) is 10.8. The van der Waals surface area contributed by atoms with E-state index in [1.54, 1.807) is 7.11 Å². The Balaban J connectivity index is 2.09. The van der Waals surface area contributed by atoms with Gasteiger partial charge in [0.05, 0.1) is 12.6 Å². The van der Waals surface area contributed by atoms with Crippen LogP contribution in [-0.2, 0) is 6.42 Å². The number of methoxy groups -OCH3 is 1. The third-order valence-corrected chi connectivity index (χ3v) is 6.85. The number of fused-ring (bicyclic) bond motifs is 1. The number of aliphatic imine (C=N–C) groups is 1. The summed E-state index contributed by atoms with van der Waals surface area (Å²) in [6.07, 6.45) is 7.09. The van der Waals surface area contributed by atoms with Crippen molar-refractivity contribution < 1.29 is 4.74 Å². The van der Waals surface area contributed by atoms with Crippen LogP contribution in [0.4, 0.5) is 0 Å². The lowest BCUT2D eigenvalue weighted by Gasteiger charge is -2.47. The fourth-order valence-corrected chi connectivity index (χ4v) is 4.75. The number of likely N-dealkylation sites (tertiary alicyclic amines) is 1. The van der Waals surface area contributed by atoms with Crippen LogP contribution in [-0.4, -0.2) is 43.4 Å². The number of rotatable bonds is 5. The van der Waals surface area contributed by atoms with E-state index in [9.17, 15) is 0 Å². The van der Waals surface area contributed by atoms with Crippen molar-refractivity contribution >= 4 is 5.71 Å². The molecule has 3 heteroatoms. The molecule has 0 aromatic heterocycles. The molecular weight excluding hydrogens is 332 g/mol. The van der Waals surface area contributed by atoms with Crippen molar-refractivity contribution in [3.63, 3.8) is 0 Å². The van der Waals surface area contributed by atoms with Crippen LogP contribution in [0, 0.1) is 11.3 Å². The molecule has 27 heavy (non-hydrogen) atoms. The largest absolute Gasteiger partial charge is 0.497 e. The highest BCUT2D eigenvalue weighted by Gasteiger charge is 2.45. The zero-order chi connectivity index (χ0) is 19.7. The van der Waals surface area contributed by atoms with Crippen LogP contribution in [0.3, 0.4) is 0 Å². The van der Waals surface area contributed by atoms with E-state index < -0.39 is 0 Å². The molecule has 2 aliphatic heterocycles. The third-order valence-electron chi connectivity index (χ3n) is 6.85. The molecule has 2 aliphatic rings. The molecule has 1 fully saturated rings. The Hall–Kier alpha value is -1.35. The standard InChI is InChI=1S/C24H38N2O/c1-7-8-13-24(23(2,3)4)17-19-16-20(27-6)9-10-21(19)22(25-24)18-11-14-26(5)15-12-18/h9-10,16,18H,7-8,11-15,17H2,1-6H3/t24-/m0/s1. The fourth-order valence-electron chi connectivity index (χ4n) is 4.75. The maximum Gasteiger partial charge on any atom is 0.119 e. The quantitative estimate of drug-likeness (QED) is 0.697. The number of piperidine rings is 1. The number of hydrogen-bond acceptors (Lipinski definition) is 3. The summed E-state index contributed by atoms with van der Waals surface area (Å²) in [6.45, 7) is 11.8. The molecule has 0 saturated carbocycles. The number of unbranched alkanes of at least 4 members (excludes halogenated alkanes) is 1. The normalized spacial score (nSPS) is 24.4. The highest BCUT2D eigenvalue weighted by atomic mass is 16.5. The van der Waals surface area contributed by atoms with Gasteiger partial charge in [0.25, 0.3) is 0 Å². The van der Waals surface area contributed by atoms with Gasteiger partial charge in [-0.3, -0.25) is 4.99 Å². The molecular formula is C24H38N2O. The van der Waals surface area contributed by atoms with Crippen LogP contribution in [0.25, 0.3) is 0 Å². The summed E-state index contributed by atoms with van der Waals surface area (Å²) in [5.41, 5.74) is 4.31. The predicted octanol–water partition coefficient (Wildman–Crippen LogP) is 5.36. The van der Waals surface area contributed by atoms with Crippen molar-refractivity contribution in [2.45, 2.75) is 71.8 Å². The summed E-state index contributed by atoms with van der Waals surface area (Å²) in [7, 11) is 4.00. The SMILES string of the molecule is CCCC[C@@]1(C(C)(C)C)Cc2cc(OC)ccc2C(C2CCN(C)CC2)=N1. The molecule has 3 nitrogen and oxygen atoms in total. The van der Waals surface area contributed by atoms with Gasteiger partial charge in [0.1, 0.15) is 5.75 Å². The van der Waals surface area contributed by atoms with Gasteiger partial charge in [-0.2, -0.15) is 0 Å². The molecule has 150 valence electrons. The highest BCUT2D eigenvalue weighted by Crippen LogP contribution is 2.46. The van der Waals surface area contributed by atoms with Crippen molar-refractivity contribution in [3.05, 3.63) is 29.3 Å². The zero-order valence-electron chi connectivity index (χ0n) is 18.3. The minimum atomic E-state index is -0.0128. The van der Waals surface area contributed by atoms with E-state index in [4.69, 9.17) is 9.73 Å². The van der Waals surface area contributed by atoms with Crippen LogP contribution in [0.2, 0.25) is 0 Å². The van der Waals surface area contributed by atoms with E-state index in [1.165, 1.54) is 62.0 Å². The van der Waals surface area contributed by atoms with Crippen LogP contribution in [0.1, 0.15) is 70.9 Å². The Labute approximate surface area is 166 Å². The second-order valence-corrected chi connectivity index (χ2v) is 9.66. The predicted molar refractivity (Wildman–Crippen MR) is 115 cm³/mol. The summed E-state index contributed by atoms with van der Waals surface area (Å²) in [5, 5.41) is 0. The van der Waals surface area contributed by atoms with Crippen molar-refractivity contribution in [1.29, 1.82) is 0 Å². The number of benzene rings is 1. The minimum Gasteiger partial charge on any atom is -0.497 e. The zero-order valence-corrected chi connectivity index (χ0v) is 18.3. The molecule has 0 spiro atoms. The summed E-state index contributed by atoms with van der Waals surface area (Å²) in [6, 6.07) is 6.64. The van der Waals surface area contributed by atoms with Crippen LogP contribution >= 0.6 is 0 Å². The van der Waals surface area contributed by atoms with Gasteiger partial charge in [-0.1, -0.05) is 40.5 Å². The Bertz CT molecular complexity index is 680. The molecule has 0 bridgehead atoms. The molecule has 1 atom stereocenters. The van der Waals surface area contributed by atoms with Gasteiger partial charge in [-0.05, 0) is 80.6 Å². The molecule has 0 N–H and O–H groups in total. The second kappa shape index (κ2) is 7.95. The first-order chi connectivity index (χ1) is 12.8. The van der Waals surface area contributed by atoms with E-state index in [0.717, 1.165) is 12.2 Å². The monoisotopic (exact) mass is 370 g/mol. The first-order valence-corrected chi connectivity index (χ1v) is 10.8. The summed E-state index contributed by atoms with van der Waals surface area (Å²) < 4.78 is 5.56. The number of nitrogens with zero attached hydrogens (tertiary/aromatic N) is 2. The fraction of sp³-hybridized carbons (Fsp3) is 0.708. The smallest absolute Gasteiger partial charge is 0.119 e. The van der Waals surface area contributed by atoms with E-state index in [1.807, 2.05) is 0 Å². The average Bonchev–Trinajstić information content (AvgIpc) is 2.65. The Morgan fingerprint density at radius 3 is 2.52 bits per heavy atom. The maximum atomic E-state index is 5.62. The number of hydrogen-bond donors (Lipinski definition) is 0. The molecule has 3 rings (SSSR count). The minimum absolute atomic E-state index is 0.0128. The van der Waals surface area contributed by atoms with Crippen LogP contribution in [0.5, 0.6) is 5.75 Å². The highest BCUT2D eigenvalue weighted by molar-refractivity contribution is 6.04. The van der Waals surface area contributed by atoms with E-state index in [2.05, 4.69) is 57.8 Å². The van der Waals surface area contributed by atoms with Crippen molar-refractivity contribution in [2.24, 2.45) is 16.3 Å². The lowest BCUT2D eigenvalue weighted by atomic mass is 9.65. The molecule has 0 aliphatic carbocycles. The second-order valence-electron chi connectivity index (χ2n) is 9.66. The Morgan fingerprint density at radius 2 is 1.93 bits per heavy atom. The van der Waals surface area contributed by atoms with E-state index >= 15 is 0 Å². The summed E-state index contributed by atoms with van der Waals surface area (Å²) in [5.74, 6) is 1.55. The van der Waals surface area contributed by atoms with E-state index in [0.29, 0.717) is 5.92 Å². The Kier molecular flexibility index (Phi) is 6.00. The van der Waals surface area contributed by atoms with Gasteiger partial charge in [-0.25, -0.2) is 0 Å². The third kappa shape index (κ3) is 4.08.